The number of hydrogen-bond acceptors (Lipinski definition) is 4. The van der Waals surface area contributed by atoms with Crippen molar-refractivity contribution in [2.75, 3.05) is 30.9 Å². The Morgan fingerprint density at radius 1 is 1.18 bits per heavy atom. The molecule has 0 spiro atoms. The average Bonchev–Trinajstić information content (AvgIpc) is 2.70. The van der Waals surface area contributed by atoms with Gasteiger partial charge in [-0.2, -0.15) is 0 Å². The summed E-state index contributed by atoms with van der Waals surface area (Å²) in [7, 11) is 0. The molecule has 2 N–H and O–H groups in total. The summed E-state index contributed by atoms with van der Waals surface area (Å²) in [6.07, 6.45) is 1.42. The Morgan fingerprint density at radius 2 is 1.89 bits per heavy atom. The minimum atomic E-state index is -0.683. The molecule has 0 radical (unpaired) electrons. The van der Waals surface area contributed by atoms with Crippen LogP contribution >= 0.6 is 11.6 Å². The fraction of sp³-hybridized carbons (Fsp3) is 0.409. The third-order valence-corrected chi connectivity index (χ3v) is 4.52. The number of hydrogen-bond donors (Lipinski definition) is 2. The van der Waals surface area contributed by atoms with Crippen LogP contribution in [0.4, 0.5) is 5.69 Å². The Morgan fingerprint density at radius 3 is 2.54 bits per heavy atom. The van der Waals surface area contributed by atoms with Crippen LogP contribution in [0, 0.1) is 0 Å². The van der Waals surface area contributed by atoms with Gasteiger partial charge in [0.1, 0.15) is 5.75 Å². The maximum Gasteiger partial charge on any atom is 0.238 e. The van der Waals surface area contributed by atoms with Crippen molar-refractivity contribution in [1.29, 1.82) is 0 Å². The zero-order chi connectivity index (χ0) is 20.2. The molecule has 0 heterocycles. The summed E-state index contributed by atoms with van der Waals surface area (Å²) in [5, 5.41) is 12.8. The monoisotopic (exact) mass is 404 g/mol. The van der Waals surface area contributed by atoms with E-state index in [-0.39, 0.29) is 18.3 Å². The second-order valence-electron chi connectivity index (χ2n) is 6.74. The lowest BCUT2D eigenvalue weighted by molar-refractivity contribution is -0.117. The lowest BCUT2D eigenvalue weighted by Gasteiger charge is -2.24. The maximum absolute atomic E-state index is 12.5. The second-order valence-corrected chi connectivity index (χ2v) is 7.05. The van der Waals surface area contributed by atoms with E-state index in [1.165, 1.54) is 0 Å². The molecule has 1 atom stereocenters. The van der Waals surface area contributed by atoms with Gasteiger partial charge in [-0.3, -0.25) is 9.69 Å². The van der Waals surface area contributed by atoms with Gasteiger partial charge in [0.2, 0.25) is 5.91 Å². The minimum absolute atomic E-state index is 0.131. The first kappa shape index (κ1) is 22.2. The predicted octanol–water partition coefficient (Wildman–Crippen LogP) is 3.91. The van der Waals surface area contributed by atoms with E-state index in [0.717, 1.165) is 24.2 Å². The topological polar surface area (TPSA) is 61.8 Å². The lowest BCUT2D eigenvalue weighted by Crippen LogP contribution is -2.38. The van der Waals surface area contributed by atoms with Crippen LogP contribution in [0.15, 0.2) is 54.6 Å². The number of unbranched alkanes of at least 4 members (excludes halogenated alkanes) is 1. The van der Waals surface area contributed by atoms with Gasteiger partial charge in [-0.15, -0.1) is 11.6 Å². The summed E-state index contributed by atoms with van der Waals surface area (Å²) in [6.45, 7) is 3.87. The number of carbonyl (C=O) groups excluding carboxylic acids is 1. The first-order valence-corrected chi connectivity index (χ1v) is 10.2. The summed E-state index contributed by atoms with van der Waals surface area (Å²) < 4.78 is 5.63. The Bertz CT molecular complexity index is 695. The summed E-state index contributed by atoms with van der Waals surface area (Å²) >= 11 is 5.74. The van der Waals surface area contributed by atoms with Gasteiger partial charge in [-0.25, -0.2) is 0 Å². The van der Waals surface area contributed by atoms with Gasteiger partial charge in [0.25, 0.3) is 0 Å². The van der Waals surface area contributed by atoms with E-state index in [0.29, 0.717) is 25.4 Å². The van der Waals surface area contributed by atoms with E-state index in [1.54, 1.807) is 0 Å². The van der Waals surface area contributed by atoms with E-state index >= 15 is 0 Å². The molecule has 1 amide bonds. The minimum Gasteiger partial charge on any atom is -0.494 e. The van der Waals surface area contributed by atoms with Crippen molar-refractivity contribution in [2.24, 2.45) is 0 Å². The summed E-state index contributed by atoms with van der Waals surface area (Å²) in [5.41, 5.74) is 1.79. The van der Waals surface area contributed by atoms with Crippen molar-refractivity contribution in [2.45, 2.75) is 32.4 Å². The Kier molecular flexibility index (Phi) is 9.83. The molecule has 0 aromatic heterocycles. The normalized spacial score (nSPS) is 12.0. The molecule has 28 heavy (non-hydrogen) atoms. The zero-order valence-electron chi connectivity index (χ0n) is 16.3. The van der Waals surface area contributed by atoms with Crippen molar-refractivity contribution in [3.8, 4) is 5.75 Å². The SMILES string of the molecule is CCCCOc1ccc(NC(=O)CN(Cc2ccccc2)C[C@H](O)CCl)cc1. The number of anilines is 1. The van der Waals surface area contributed by atoms with Crippen LogP contribution < -0.4 is 10.1 Å². The molecule has 0 aliphatic heterocycles. The highest BCUT2D eigenvalue weighted by molar-refractivity contribution is 6.18. The van der Waals surface area contributed by atoms with Gasteiger partial charge in [0.05, 0.1) is 19.3 Å². The number of aliphatic hydroxyl groups excluding tert-OH is 1. The van der Waals surface area contributed by atoms with Gasteiger partial charge in [-0.1, -0.05) is 43.7 Å². The van der Waals surface area contributed by atoms with Gasteiger partial charge in [-0.05, 0) is 36.2 Å². The van der Waals surface area contributed by atoms with Crippen molar-refractivity contribution in [1.82, 2.24) is 4.90 Å². The van der Waals surface area contributed by atoms with E-state index < -0.39 is 6.10 Å². The molecular formula is C22H29ClN2O3. The molecule has 2 rings (SSSR count). The molecule has 5 nitrogen and oxygen atoms in total. The highest BCUT2D eigenvalue weighted by atomic mass is 35.5. The van der Waals surface area contributed by atoms with Crippen molar-refractivity contribution in [3.05, 3.63) is 60.2 Å². The van der Waals surface area contributed by atoms with Crippen LogP contribution in [0.1, 0.15) is 25.3 Å². The molecule has 2 aromatic carbocycles. The zero-order valence-corrected chi connectivity index (χ0v) is 17.1. The van der Waals surface area contributed by atoms with Crippen molar-refractivity contribution < 1.29 is 14.6 Å². The van der Waals surface area contributed by atoms with E-state index in [4.69, 9.17) is 16.3 Å². The number of carbonyl (C=O) groups is 1. The number of amides is 1. The predicted molar refractivity (Wildman–Crippen MR) is 114 cm³/mol. The highest BCUT2D eigenvalue weighted by Crippen LogP contribution is 2.16. The molecule has 152 valence electrons. The summed E-state index contributed by atoms with van der Waals surface area (Å²) in [5.74, 6) is 0.784. The van der Waals surface area contributed by atoms with E-state index in [9.17, 15) is 9.90 Å². The molecule has 2 aromatic rings. The maximum atomic E-state index is 12.5. The standard InChI is InChI=1S/C22H29ClN2O3/c1-2-3-13-28-21-11-9-19(10-12-21)24-22(27)17-25(16-20(26)14-23)15-18-7-5-4-6-8-18/h4-12,20,26H,2-3,13-17H2,1H3,(H,24,27)/t20-/m1/s1. The van der Waals surface area contributed by atoms with Crippen LogP contribution in [0.3, 0.4) is 0 Å². The fourth-order valence-corrected chi connectivity index (χ4v) is 2.84. The second kappa shape index (κ2) is 12.4. The molecule has 0 aliphatic rings. The van der Waals surface area contributed by atoms with Crippen LogP contribution in [-0.4, -0.2) is 47.6 Å². The Hall–Kier alpha value is -2.08. The number of aliphatic hydroxyl groups is 1. The Labute approximate surface area is 172 Å². The van der Waals surface area contributed by atoms with Gasteiger partial charge >= 0.3 is 0 Å². The highest BCUT2D eigenvalue weighted by Gasteiger charge is 2.15. The lowest BCUT2D eigenvalue weighted by atomic mass is 10.2. The largest absolute Gasteiger partial charge is 0.494 e. The molecular weight excluding hydrogens is 376 g/mol. The number of halogens is 1. The van der Waals surface area contributed by atoms with Crippen LogP contribution in [0.25, 0.3) is 0 Å². The van der Waals surface area contributed by atoms with E-state index in [1.807, 2.05) is 59.5 Å². The van der Waals surface area contributed by atoms with E-state index in [2.05, 4.69) is 12.2 Å². The number of alkyl halides is 1. The number of nitrogens with zero attached hydrogens (tertiary/aromatic N) is 1. The molecule has 0 bridgehead atoms. The van der Waals surface area contributed by atoms with Crippen LogP contribution in [-0.2, 0) is 11.3 Å². The third kappa shape index (κ3) is 8.30. The Balaban J connectivity index is 1.90. The fourth-order valence-electron chi connectivity index (χ4n) is 2.75. The summed E-state index contributed by atoms with van der Waals surface area (Å²) in [6, 6.07) is 17.2. The number of benzene rings is 2. The smallest absolute Gasteiger partial charge is 0.238 e. The molecule has 0 fully saturated rings. The molecule has 0 unspecified atom stereocenters. The first-order chi connectivity index (χ1) is 13.6. The van der Waals surface area contributed by atoms with Gasteiger partial charge in [0.15, 0.2) is 0 Å². The third-order valence-electron chi connectivity index (χ3n) is 4.17. The molecule has 0 saturated carbocycles. The quantitative estimate of drug-likeness (QED) is 0.416. The molecule has 0 saturated heterocycles. The molecule has 6 heteroatoms. The van der Waals surface area contributed by atoms with Crippen LogP contribution in [0.5, 0.6) is 5.75 Å². The molecule has 0 aliphatic carbocycles. The summed E-state index contributed by atoms with van der Waals surface area (Å²) in [4.78, 5) is 14.4. The number of ether oxygens (including phenoxy) is 1. The van der Waals surface area contributed by atoms with Crippen molar-refractivity contribution >= 4 is 23.2 Å². The number of nitrogens with one attached hydrogen (secondary N) is 1. The van der Waals surface area contributed by atoms with Crippen molar-refractivity contribution in [3.63, 3.8) is 0 Å². The average molecular weight is 405 g/mol. The first-order valence-electron chi connectivity index (χ1n) is 9.63. The van der Waals surface area contributed by atoms with Crippen LogP contribution in [0.2, 0.25) is 0 Å². The number of rotatable bonds is 12. The van der Waals surface area contributed by atoms with Gasteiger partial charge < -0.3 is 15.2 Å². The van der Waals surface area contributed by atoms with Gasteiger partial charge in [0, 0.05) is 24.7 Å².